The standard InChI is InChI=1S/C22H24ClFN4O4S2/c1-28(2)34(31,32)18-10-8-17(9-11-18)33(29,30)27-22-6-4-3-5-21(22)26-14-13-25-20-12-7-16(23)15-19(20)24/h3-12,15,25-27H,13-14H2,1-2H3. The molecule has 0 aromatic heterocycles. The van der Waals surface area contributed by atoms with Crippen molar-refractivity contribution < 1.29 is 21.2 Å². The molecule has 3 N–H and O–H groups in total. The highest BCUT2D eigenvalue weighted by atomic mass is 35.5. The van der Waals surface area contributed by atoms with Crippen molar-refractivity contribution in [3.63, 3.8) is 0 Å². The fourth-order valence-corrected chi connectivity index (χ4v) is 5.10. The Hall–Kier alpha value is -2.86. The summed E-state index contributed by atoms with van der Waals surface area (Å²) in [7, 11) is -4.86. The molecule has 0 unspecified atom stereocenters. The fourth-order valence-electron chi connectivity index (χ4n) is 2.96. The van der Waals surface area contributed by atoms with Gasteiger partial charge in [-0.1, -0.05) is 23.7 Å². The third-order valence-corrected chi connectivity index (χ3v) is 8.22. The molecule has 0 heterocycles. The topological polar surface area (TPSA) is 108 Å². The van der Waals surface area contributed by atoms with E-state index in [1.807, 2.05) is 0 Å². The van der Waals surface area contributed by atoms with Crippen molar-refractivity contribution in [2.75, 3.05) is 42.5 Å². The molecule has 0 aliphatic heterocycles. The minimum Gasteiger partial charge on any atom is -0.382 e. The van der Waals surface area contributed by atoms with E-state index in [0.717, 1.165) is 4.31 Å². The maximum absolute atomic E-state index is 13.9. The van der Waals surface area contributed by atoms with Crippen LogP contribution in [0.3, 0.4) is 0 Å². The average molecular weight is 527 g/mol. The largest absolute Gasteiger partial charge is 0.382 e. The number of benzene rings is 3. The molecule has 182 valence electrons. The van der Waals surface area contributed by atoms with Gasteiger partial charge in [-0.15, -0.1) is 0 Å². The molecule has 34 heavy (non-hydrogen) atoms. The predicted octanol–water partition coefficient (Wildman–Crippen LogP) is 4.05. The van der Waals surface area contributed by atoms with Gasteiger partial charge in [0.05, 0.1) is 26.9 Å². The molecule has 0 aliphatic rings. The number of hydrogen-bond donors (Lipinski definition) is 3. The zero-order chi connectivity index (χ0) is 24.9. The molecule has 0 atom stereocenters. The number of halogens is 2. The van der Waals surface area contributed by atoms with Gasteiger partial charge < -0.3 is 10.6 Å². The molecule has 12 heteroatoms. The third-order valence-electron chi connectivity index (χ3n) is 4.77. The maximum atomic E-state index is 13.9. The van der Waals surface area contributed by atoms with Crippen molar-refractivity contribution in [1.82, 2.24) is 4.31 Å². The number of hydrogen-bond acceptors (Lipinski definition) is 6. The van der Waals surface area contributed by atoms with Crippen molar-refractivity contribution in [3.05, 3.63) is 77.6 Å². The quantitative estimate of drug-likeness (QED) is 0.344. The summed E-state index contributed by atoms with van der Waals surface area (Å²) in [5.74, 6) is -0.468. The number of sulfonamides is 2. The van der Waals surface area contributed by atoms with Crippen LogP contribution in [0.15, 0.2) is 76.5 Å². The monoisotopic (exact) mass is 526 g/mol. The van der Waals surface area contributed by atoms with Gasteiger partial charge in [-0.25, -0.2) is 25.5 Å². The summed E-state index contributed by atoms with van der Waals surface area (Å²) in [6.07, 6.45) is 0. The summed E-state index contributed by atoms with van der Waals surface area (Å²) in [5, 5.41) is 6.35. The highest BCUT2D eigenvalue weighted by Gasteiger charge is 2.20. The van der Waals surface area contributed by atoms with Gasteiger partial charge in [-0.05, 0) is 54.6 Å². The van der Waals surface area contributed by atoms with Crippen LogP contribution in [-0.2, 0) is 20.0 Å². The highest BCUT2D eigenvalue weighted by molar-refractivity contribution is 7.92. The van der Waals surface area contributed by atoms with E-state index in [4.69, 9.17) is 11.6 Å². The van der Waals surface area contributed by atoms with Crippen LogP contribution in [0, 0.1) is 5.82 Å². The SMILES string of the molecule is CN(C)S(=O)(=O)c1ccc(S(=O)(=O)Nc2ccccc2NCCNc2ccc(Cl)cc2F)cc1. The first kappa shape index (κ1) is 25.8. The second kappa shape index (κ2) is 10.6. The molecule has 0 amide bonds. The van der Waals surface area contributed by atoms with Gasteiger partial charge in [-0.3, -0.25) is 4.72 Å². The van der Waals surface area contributed by atoms with Gasteiger partial charge in [0.1, 0.15) is 5.82 Å². The van der Waals surface area contributed by atoms with E-state index in [1.165, 1.54) is 50.5 Å². The Labute approximate surface area is 203 Å². The van der Waals surface area contributed by atoms with Gasteiger partial charge in [0, 0.05) is 32.2 Å². The number of nitrogens with one attached hydrogen (secondary N) is 3. The summed E-state index contributed by atoms with van der Waals surface area (Å²) in [4.78, 5) is -0.0944. The summed E-state index contributed by atoms with van der Waals surface area (Å²) >= 11 is 5.75. The Morgan fingerprint density at radius 3 is 1.94 bits per heavy atom. The molecule has 8 nitrogen and oxygen atoms in total. The van der Waals surface area contributed by atoms with Gasteiger partial charge in [0.15, 0.2) is 0 Å². The molecular formula is C22H24ClFN4O4S2. The van der Waals surface area contributed by atoms with Gasteiger partial charge >= 0.3 is 0 Å². The Kier molecular flexibility index (Phi) is 8.03. The maximum Gasteiger partial charge on any atom is 0.261 e. The molecule has 3 aromatic rings. The molecular weight excluding hydrogens is 503 g/mol. The summed E-state index contributed by atoms with van der Waals surface area (Å²) in [6, 6.07) is 16.0. The van der Waals surface area contributed by atoms with Crippen molar-refractivity contribution in [3.8, 4) is 0 Å². The molecule has 0 saturated heterocycles. The van der Waals surface area contributed by atoms with E-state index >= 15 is 0 Å². The van der Waals surface area contributed by atoms with Crippen LogP contribution in [0.1, 0.15) is 0 Å². The van der Waals surface area contributed by atoms with E-state index in [1.54, 1.807) is 30.3 Å². The molecule has 0 saturated carbocycles. The van der Waals surface area contributed by atoms with E-state index in [2.05, 4.69) is 15.4 Å². The lowest BCUT2D eigenvalue weighted by molar-refractivity contribution is 0.520. The Balaban J connectivity index is 1.68. The third kappa shape index (κ3) is 6.17. The number of anilines is 3. The highest BCUT2D eigenvalue weighted by Crippen LogP contribution is 2.25. The number of nitrogens with zero attached hydrogens (tertiary/aromatic N) is 1. The van der Waals surface area contributed by atoms with Crippen molar-refractivity contribution in [2.45, 2.75) is 9.79 Å². The van der Waals surface area contributed by atoms with Crippen LogP contribution in [0.5, 0.6) is 0 Å². The minimum absolute atomic E-state index is 0.0110. The normalized spacial score (nSPS) is 11.9. The second-order valence-electron chi connectivity index (χ2n) is 7.39. The van der Waals surface area contributed by atoms with Crippen LogP contribution in [0.4, 0.5) is 21.5 Å². The summed E-state index contributed by atoms with van der Waals surface area (Å²) in [5.41, 5.74) is 1.14. The van der Waals surface area contributed by atoms with Crippen molar-refractivity contribution in [1.29, 1.82) is 0 Å². The van der Waals surface area contributed by atoms with Crippen molar-refractivity contribution >= 4 is 48.7 Å². The Bertz CT molecular complexity index is 1370. The smallest absolute Gasteiger partial charge is 0.261 e. The molecule has 0 aliphatic carbocycles. The van der Waals surface area contributed by atoms with Crippen molar-refractivity contribution in [2.24, 2.45) is 0 Å². The van der Waals surface area contributed by atoms with Gasteiger partial charge in [-0.2, -0.15) is 0 Å². The summed E-state index contributed by atoms with van der Waals surface area (Å²) in [6.45, 7) is 0.735. The number of rotatable bonds is 10. The van der Waals surface area contributed by atoms with Crippen LogP contribution in [0.2, 0.25) is 5.02 Å². The van der Waals surface area contributed by atoms with Gasteiger partial charge in [0.2, 0.25) is 10.0 Å². The molecule has 3 aromatic carbocycles. The first-order chi connectivity index (χ1) is 16.0. The molecule has 0 radical (unpaired) electrons. The molecule has 0 fully saturated rings. The zero-order valence-electron chi connectivity index (χ0n) is 18.4. The molecule has 0 bridgehead atoms. The first-order valence-electron chi connectivity index (χ1n) is 10.1. The van der Waals surface area contributed by atoms with Gasteiger partial charge in [0.25, 0.3) is 10.0 Å². The lowest BCUT2D eigenvalue weighted by atomic mass is 10.2. The molecule has 3 rings (SSSR count). The average Bonchev–Trinajstić information content (AvgIpc) is 2.78. The van der Waals surface area contributed by atoms with Crippen LogP contribution >= 0.6 is 11.6 Å². The molecule has 0 spiro atoms. The van der Waals surface area contributed by atoms with E-state index < -0.39 is 25.9 Å². The van der Waals surface area contributed by atoms with E-state index in [-0.39, 0.29) is 9.79 Å². The fraction of sp³-hybridized carbons (Fsp3) is 0.182. The van der Waals surface area contributed by atoms with E-state index in [9.17, 15) is 21.2 Å². The second-order valence-corrected chi connectivity index (χ2v) is 11.7. The minimum atomic E-state index is -3.98. The summed E-state index contributed by atoms with van der Waals surface area (Å²) < 4.78 is 67.6. The lowest BCUT2D eigenvalue weighted by Gasteiger charge is -2.15. The van der Waals surface area contributed by atoms with Crippen LogP contribution < -0.4 is 15.4 Å². The zero-order valence-corrected chi connectivity index (χ0v) is 20.8. The Morgan fingerprint density at radius 2 is 1.35 bits per heavy atom. The Morgan fingerprint density at radius 1 is 0.794 bits per heavy atom. The lowest BCUT2D eigenvalue weighted by Crippen LogP contribution is -2.22. The first-order valence-corrected chi connectivity index (χ1v) is 13.4. The van der Waals surface area contributed by atoms with E-state index in [0.29, 0.717) is 35.2 Å². The predicted molar refractivity (Wildman–Crippen MR) is 133 cm³/mol. The van der Waals surface area contributed by atoms with Crippen LogP contribution in [-0.4, -0.2) is 48.3 Å². The number of para-hydroxylation sites is 2. The van der Waals surface area contributed by atoms with Crippen LogP contribution in [0.25, 0.3) is 0 Å².